The van der Waals surface area contributed by atoms with E-state index in [2.05, 4.69) is 20.3 Å². The monoisotopic (exact) mass is 773 g/mol. The number of hydrogen-bond donors (Lipinski definition) is 4. The fourth-order valence-corrected chi connectivity index (χ4v) is 9.01. The molecule has 2 aliphatic heterocycles. The van der Waals surface area contributed by atoms with Gasteiger partial charge >= 0.3 is 6.09 Å². The molecule has 53 heavy (non-hydrogen) atoms. The number of hydrogen-bond acceptors (Lipinski definition) is 9. The van der Waals surface area contributed by atoms with Gasteiger partial charge in [0.25, 0.3) is 5.91 Å². The average Bonchev–Trinajstić information content (AvgIpc) is 3.95. The number of carboxylic acid groups (broad SMARTS) is 1. The van der Waals surface area contributed by atoms with Gasteiger partial charge in [0, 0.05) is 34.2 Å². The number of carbonyl (C=O) groups is 4. The van der Waals surface area contributed by atoms with Crippen molar-refractivity contribution in [3.63, 3.8) is 0 Å². The van der Waals surface area contributed by atoms with Crippen LogP contribution in [0.15, 0.2) is 36.4 Å². The number of nitrogens with zero attached hydrogens (tertiary/aromatic N) is 2. The number of rotatable bonds is 8. The summed E-state index contributed by atoms with van der Waals surface area (Å²) in [4.78, 5) is 60.6. The van der Waals surface area contributed by atoms with Crippen molar-refractivity contribution in [1.82, 2.24) is 25.2 Å². The number of halogens is 1. The topological polar surface area (TPSA) is 193 Å². The van der Waals surface area contributed by atoms with E-state index in [1.807, 2.05) is 32.9 Å². The molecule has 4 aliphatic rings. The lowest BCUT2D eigenvalue weighted by atomic mass is 9.88. The molecule has 7 atom stereocenters. The van der Waals surface area contributed by atoms with E-state index in [0.717, 1.165) is 6.42 Å². The maximum absolute atomic E-state index is 14.4. The second-order valence-corrected chi connectivity index (χ2v) is 18.3. The minimum atomic E-state index is -4.01. The Morgan fingerprint density at radius 2 is 1.89 bits per heavy atom. The Bertz CT molecular complexity index is 1940. The van der Waals surface area contributed by atoms with Crippen molar-refractivity contribution < 1.29 is 42.2 Å². The van der Waals surface area contributed by atoms with Crippen LogP contribution in [-0.4, -0.2) is 88.3 Å². The largest absolute Gasteiger partial charge is 0.475 e. The van der Waals surface area contributed by atoms with E-state index in [4.69, 9.17) is 21.1 Å². The lowest BCUT2D eigenvalue weighted by molar-refractivity contribution is -0.142. The van der Waals surface area contributed by atoms with Crippen LogP contribution in [0.3, 0.4) is 0 Å². The Morgan fingerprint density at radius 1 is 1.15 bits per heavy atom. The van der Waals surface area contributed by atoms with Crippen LogP contribution in [0.5, 0.6) is 11.8 Å². The molecule has 4 N–H and O–H groups in total. The summed E-state index contributed by atoms with van der Waals surface area (Å²) < 4.78 is 39.8. The molecule has 2 aliphatic carbocycles. The lowest BCUT2D eigenvalue weighted by Gasteiger charge is -2.32. The molecular formula is C37H48ClN5O9S. The molecule has 4 amide bonds. The highest BCUT2D eigenvalue weighted by atomic mass is 35.5. The van der Waals surface area contributed by atoms with Crippen LogP contribution in [0.1, 0.15) is 79.6 Å². The Hall–Kier alpha value is -4.11. The van der Waals surface area contributed by atoms with E-state index in [-0.39, 0.29) is 43.2 Å². The zero-order valence-electron chi connectivity index (χ0n) is 30.6. The van der Waals surface area contributed by atoms with Crippen LogP contribution in [-0.2, 0) is 24.4 Å². The first-order chi connectivity index (χ1) is 24.9. The van der Waals surface area contributed by atoms with Crippen molar-refractivity contribution >= 4 is 56.2 Å². The molecule has 3 fully saturated rings. The third-order valence-corrected chi connectivity index (χ3v) is 13.4. The molecule has 0 spiro atoms. The van der Waals surface area contributed by atoms with E-state index < -0.39 is 74.1 Å². The summed E-state index contributed by atoms with van der Waals surface area (Å²) in [6.45, 7) is 9.00. The van der Waals surface area contributed by atoms with Gasteiger partial charge in [-0.1, -0.05) is 43.7 Å². The Labute approximate surface area is 314 Å². The number of pyridine rings is 1. The number of carbonyl (C=O) groups excluding carboxylic acids is 3. The van der Waals surface area contributed by atoms with Crippen LogP contribution in [0.4, 0.5) is 4.79 Å². The highest BCUT2D eigenvalue weighted by Crippen LogP contribution is 2.47. The van der Waals surface area contributed by atoms with Crippen molar-refractivity contribution in [2.75, 3.05) is 6.54 Å². The molecule has 6 rings (SSSR count). The highest BCUT2D eigenvalue weighted by Gasteiger charge is 2.63. The zero-order chi connectivity index (χ0) is 38.5. The molecule has 1 saturated heterocycles. The van der Waals surface area contributed by atoms with E-state index in [1.54, 1.807) is 38.1 Å². The summed E-state index contributed by atoms with van der Waals surface area (Å²) in [5.74, 6) is -2.48. The molecule has 16 heteroatoms. The molecular weight excluding hydrogens is 726 g/mol. The summed E-state index contributed by atoms with van der Waals surface area (Å²) >= 11 is 6.55. The first-order valence-electron chi connectivity index (χ1n) is 18.2. The van der Waals surface area contributed by atoms with Gasteiger partial charge < -0.3 is 30.1 Å². The van der Waals surface area contributed by atoms with E-state index in [1.165, 1.54) is 4.90 Å². The number of benzene rings is 1. The van der Waals surface area contributed by atoms with Crippen LogP contribution in [0.2, 0.25) is 5.02 Å². The second-order valence-electron chi connectivity index (χ2n) is 15.7. The van der Waals surface area contributed by atoms with Crippen molar-refractivity contribution in [2.24, 2.45) is 17.8 Å². The first kappa shape index (κ1) is 38.6. The molecule has 288 valence electrons. The van der Waals surface area contributed by atoms with Gasteiger partial charge in [-0.05, 0) is 83.3 Å². The fraction of sp³-hybridized carbons (Fsp3) is 0.595. The second kappa shape index (κ2) is 14.6. The molecule has 2 aromatic rings. The molecule has 1 aromatic carbocycles. The maximum atomic E-state index is 14.4. The van der Waals surface area contributed by atoms with Crippen molar-refractivity contribution in [2.45, 2.75) is 114 Å². The Kier molecular flexibility index (Phi) is 10.6. The van der Waals surface area contributed by atoms with Crippen molar-refractivity contribution in [3.8, 4) is 11.8 Å². The summed E-state index contributed by atoms with van der Waals surface area (Å²) in [6, 6.07) is 4.58. The molecule has 14 nitrogen and oxygen atoms in total. The number of sulfonamides is 1. The minimum absolute atomic E-state index is 0.0320. The van der Waals surface area contributed by atoms with Gasteiger partial charge in [-0.25, -0.2) is 13.2 Å². The summed E-state index contributed by atoms with van der Waals surface area (Å²) in [7, 11) is -4.01. The smallest absolute Gasteiger partial charge is 0.405 e. The van der Waals surface area contributed by atoms with E-state index in [0.29, 0.717) is 41.5 Å². The fourth-order valence-electron chi connectivity index (χ4n) is 7.47. The molecule has 1 aromatic heterocycles. The minimum Gasteiger partial charge on any atom is -0.475 e. The van der Waals surface area contributed by atoms with Gasteiger partial charge in [0.1, 0.15) is 23.7 Å². The van der Waals surface area contributed by atoms with Crippen LogP contribution in [0, 0.1) is 17.8 Å². The van der Waals surface area contributed by atoms with E-state index >= 15 is 0 Å². The van der Waals surface area contributed by atoms with Gasteiger partial charge in [-0.3, -0.25) is 19.1 Å². The van der Waals surface area contributed by atoms with Crippen LogP contribution >= 0.6 is 11.6 Å². The quantitative estimate of drug-likeness (QED) is 0.277. The molecule has 3 heterocycles. The van der Waals surface area contributed by atoms with Gasteiger partial charge in [0.05, 0.1) is 17.4 Å². The molecule has 2 saturated carbocycles. The number of fused-ring (bicyclic) bond motifs is 3. The number of aromatic nitrogens is 1. The Morgan fingerprint density at radius 3 is 2.57 bits per heavy atom. The van der Waals surface area contributed by atoms with Crippen molar-refractivity contribution in [1.29, 1.82) is 0 Å². The van der Waals surface area contributed by atoms with Crippen LogP contribution < -0.4 is 24.8 Å². The number of nitrogens with one attached hydrogen (secondary N) is 3. The first-order valence-corrected chi connectivity index (χ1v) is 20.1. The number of allylic oxidation sites excluding steroid dienone is 1. The third kappa shape index (κ3) is 8.06. The van der Waals surface area contributed by atoms with Gasteiger partial charge in [-0.15, -0.1) is 0 Å². The maximum Gasteiger partial charge on any atom is 0.405 e. The van der Waals surface area contributed by atoms with Gasteiger partial charge in [0.15, 0.2) is 0 Å². The summed E-state index contributed by atoms with van der Waals surface area (Å²) in [5.41, 5.74) is -1.56. The SMILES string of the molecule is CC(C)Oc1cc2c(Cl)cccc2c(O[C@@H]2C[C@H]3C(=O)N[C@]4(C(=O)NS(=O)(=O)C5(C)CC5)C[C@H]4/C=C\CC[C@@H](C)C[C@@H](C)[C@H](NC(=O)O)C(=O)N3C2)n1. The predicted molar refractivity (Wildman–Crippen MR) is 197 cm³/mol. The molecule has 0 bridgehead atoms. The molecule has 0 unspecified atom stereocenters. The predicted octanol–water partition coefficient (Wildman–Crippen LogP) is 4.55. The highest BCUT2D eigenvalue weighted by molar-refractivity contribution is 7.91. The average molecular weight is 774 g/mol. The number of ether oxygens (including phenoxy) is 2. The van der Waals surface area contributed by atoms with Crippen molar-refractivity contribution in [3.05, 3.63) is 41.4 Å². The third-order valence-electron chi connectivity index (χ3n) is 10.9. The standard InChI is InChI=1S/C37H48ClN5O9S/c1-20(2)51-29-17-26-25(11-8-12-27(26)38)32(39-29)52-24-16-28-31(44)41-37(34(46)42-53(49,50)36(5)13-14-36)18-23(37)10-7-6-9-21(3)15-22(4)30(40-35(47)48)33(45)43(28)19-24/h7-8,10-12,17,20-24,28,30,40H,6,9,13-16,18-19H2,1-5H3,(H,41,44)(H,42,46)(H,47,48)/b10-7-/t21-,22-,23-,24-,28+,30+,37-/m1/s1. The summed E-state index contributed by atoms with van der Waals surface area (Å²) in [5, 5.41) is 16.7. The Balaban J connectivity index is 1.36. The van der Waals surface area contributed by atoms with Crippen LogP contribution in [0.25, 0.3) is 10.8 Å². The lowest BCUT2D eigenvalue weighted by Crippen LogP contribution is -2.59. The molecule has 0 radical (unpaired) electrons. The van der Waals surface area contributed by atoms with E-state index in [9.17, 15) is 32.7 Å². The summed E-state index contributed by atoms with van der Waals surface area (Å²) in [6.07, 6.45) is 4.25. The van der Waals surface area contributed by atoms with Gasteiger partial charge in [0.2, 0.25) is 33.6 Å². The zero-order valence-corrected chi connectivity index (χ0v) is 32.1. The number of amides is 4. The normalized spacial score (nSPS) is 30.6. The van der Waals surface area contributed by atoms with Gasteiger partial charge in [-0.2, -0.15) is 4.98 Å².